The van der Waals surface area contributed by atoms with Crippen LogP contribution < -0.4 is 0 Å². The van der Waals surface area contributed by atoms with E-state index in [1.807, 2.05) is 0 Å². The predicted molar refractivity (Wildman–Crippen MR) is 97.5 cm³/mol. The molecule has 4 nitrogen and oxygen atoms in total. The van der Waals surface area contributed by atoms with E-state index < -0.39 is 0 Å². The first-order valence-corrected chi connectivity index (χ1v) is 9.48. The zero-order valence-corrected chi connectivity index (χ0v) is 16.2. The van der Waals surface area contributed by atoms with Crippen molar-refractivity contribution in [1.82, 2.24) is 9.80 Å². The third kappa shape index (κ3) is 8.47. The van der Waals surface area contributed by atoms with Gasteiger partial charge in [0, 0.05) is 13.1 Å². The van der Waals surface area contributed by atoms with E-state index >= 15 is 0 Å². The lowest BCUT2D eigenvalue weighted by Crippen LogP contribution is -2.53. The van der Waals surface area contributed by atoms with Gasteiger partial charge in [0.2, 0.25) is 0 Å². The molecular weight excluding hydrogens is 274 g/mol. The van der Waals surface area contributed by atoms with Gasteiger partial charge in [-0.05, 0) is 40.0 Å². The molecule has 0 aliphatic heterocycles. The largest absolute Gasteiger partial charge is 0.374 e. The van der Waals surface area contributed by atoms with Gasteiger partial charge in [0.1, 0.15) is 6.54 Å². The molecule has 0 fully saturated rings. The molecule has 0 unspecified atom stereocenters. The zero-order valence-electron chi connectivity index (χ0n) is 16.2. The number of hydrogen-bond acceptors (Lipinski definition) is 3. The number of hydrogen-bond donors (Lipinski definition) is 0. The summed E-state index contributed by atoms with van der Waals surface area (Å²) in [6.07, 6.45) is 0. The highest BCUT2D eigenvalue weighted by atomic mass is 16.5. The number of rotatable bonds is 15. The third-order valence-corrected chi connectivity index (χ3v) is 5.28. The molecule has 0 amide bonds. The molecular formula is C18H42N3O+. The van der Waals surface area contributed by atoms with E-state index in [1.54, 1.807) is 0 Å². The van der Waals surface area contributed by atoms with Crippen LogP contribution in [0.4, 0.5) is 0 Å². The number of quaternary nitrogens is 1. The molecule has 0 aromatic carbocycles. The topological polar surface area (TPSA) is 15.7 Å². The summed E-state index contributed by atoms with van der Waals surface area (Å²) in [7, 11) is 0. The molecule has 0 atom stereocenters. The van der Waals surface area contributed by atoms with E-state index in [0.717, 1.165) is 52.5 Å². The van der Waals surface area contributed by atoms with Crippen molar-refractivity contribution in [2.24, 2.45) is 0 Å². The van der Waals surface area contributed by atoms with Crippen molar-refractivity contribution < 1.29 is 9.22 Å². The molecule has 0 bridgehead atoms. The second-order valence-electron chi connectivity index (χ2n) is 6.09. The molecule has 0 aromatic heterocycles. The van der Waals surface area contributed by atoms with E-state index in [9.17, 15) is 0 Å². The van der Waals surface area contributed by atoms with Crippen LogP contribution in [0.5, 0.6) is 0 Å². The van der Waals surface area contributed by atoms with Crippen molar-refractivity contribution in [1.29, 1.82) is 0 Å². The van der Waals surface area contributed by atoms with E-state index in [1.165, 1.54) is 30.7 Å². The second kappa shape index (κ2) is 13.3. The lowest BCUT2D eigenvalue weighted by atomic mass is 10.3. The van der Waals surface area contributed by atoms with Gasteiger partial charge in [0.15, 0.2) is 0 Å². The van der Waals surface area contributed by atoms with Gasteiger partial charge in [0.05, 0.1) is 32.8 Å². The van der Waals surface area contributed by atoms with Crippen molar-refractivity contribution in [3.05, 3.63) is 0 Å². The van der Waals surface area contributed by atoms with Crippen LogP contribution >= 0.6 is 0 Å². The van der Waals surface area contributed by atoms with Crippen LogP contribution in [0, 0.1) is 0 Å². The zero-order chi connectivity index (χ0) is 16.8. The molecule has 0 saturated heterocycles. The monoisotopic (exact) mass is 316 g/mol. The van der Waals surface area contributed by atoms with Crippen LogP contribution in [0.2, 0.25) is 0 Å². The molecule has 0 aliphatic rings. The summed E-state index contributed by atoms with van der Waals surface area (Å²) in [6, 6.07) is 0. The SMILES string of the molecule is CCN(CC)CCOCC[N+](CC)(CC)CCN(CC)CC. The standard InChI is InChI=1S/C18H42N3O/c1-7-19(8-2)13-15-21(11-5,12-6)16-18-22-17-14-20(9-3)10-4/h7-18H2,1-6H3/q+1. The Morgan fingerprint density at radius 2 is 1.14 bits per heavy atom. The molecule has 0 aromatic rings. The van der Waals surface area contributed by atoms with Crippen molar-refractivity contribution >= 4 is 0 Å². The minimum atomic E-state index is 0.866. The average Bonchev–Trinajstić information content (AvgIpc) is 2.57. The number of nitrogens with zero attached hydrogens (tertiary/aromatic N) is 3. The fraction of sp³-hybridized carbons (Fsp3) is 1.00. The smallest absolute Gasteiger partial charge is 0.102 e. The molecule has 0 radical (unpaired) electrons. The van der Waals surface area contributed by atoms with Crippen LogP contribution in [0.15, 0.2) is 0 Å². The quantitative estimate of drug-likeness (QED) is 0.341. The molecule has 0 rings (SSSR count). The van der Waals surface area contributed by atoms with Gasteiger partial charge in [-0.15, -0.1) is 0 Å². The van der Waals surface area contributed by atoms with Crippen molar-refractivity contribution in [3.8, 4) is 0 Å². The summed E-state index contributed by atoms with van der Waals surface area (Å²) in [5, 5.41) is 0. The Bertz CT molecular complexity index is 236. The van der Waals surface area contributed by atoms with Crippen LogP contribution in [-0.4, -0.2) is 92.9 Å². The van der Waals surface area contributed by atoms with Crippen molar-refractivity contribution in [3.63, 3.8) is 0 Å². The average molecular weight is 317 g/mol. The second-order valence-corrected chi connectivity index (χ2v) is 6.09. The highest BCUT2D eigenvalue weighted by Gasteiger charge is 2.23. The van der Waals surface area contributed by atoms with E-state index in [4.69, 9.17) is 4.74 Å². The Morgan fingerprint density at radius 3 is 1.59 bits per heavy atom. The summed E-state index contributed by atoms with van der Waals surface area (Å²) < 4.78 is 7.10. The minimum Gasteiger partial charge on any atom is -0.374 e. The van der Waals surface area contributed by atoms with Gasteiger partial charge in [-0.3, -0.25) is 4.90 Å². The summed E-state index contributed by atoms with van der Waals surface area (Å²) in [5.74, 6) is 0. The van der Waals surface area contributed by atoms with E-state index in [-0.39, 0.29) is 0 Å². The fourth-order valence-electron chi connectivity index (χ4n) is 2.95. The van der Waals surface area contributed by atoms with Crippen LogP contribution in [0.3, 0.4) is 0 Å². The van der Waals surface area contributed by atoms with Gasteiger partial charge >= 0.3 is 0 Å². The molecule has 0 spiro atoms. The van der Waals surface area contributed by atoms with Gasteiger partial charge in [-0.25, -0.2) is 0 Å². The Hall–Kier alpha value is -0.160. The first-order valence-electron chi connectivity index (χ1n) is 9.48. The first-order chi connectivity index (χ1) is 10.6. The van der Waals surface area contributed by atoms with Crippen molar-refractivity contribution in [2.75, 3.05) is 78.7 Å². The Labute approximate surface area is 140 Å². The highest BCUT2D eigenvalue weighted by Crippen LogP contribution is 2.07. The molecule has 0 N–H and O–H groups in total. The Balaban J connectivity index is 4.11. The maximum Gasteiger partial charge on any atom is 0.102 e. The van der Waals surface area contributed by atoms with Gasteiger partial charge < -0.3 is 14.1 Å². The van der Waals surface area contributed by atoms with Gasteiger partial charge in [-0.1, -0.05) is 27.7 Å². The van der Waals surface area contributed by atoms with E-state index in [0.29, 0.717) is 0 Å². The molecule has 22 heavy (non-hydrogen) atoms. The summed E-state index contributed by atoms with van der Waals surface area (Å²) in [4.78, 5) is 4.95. The molecule has 134 valence electrons. The normalized spacial score (nSPS) is 12.5. The Kier molecular flexibility index (Phi) is 13.2. The predicted octanol–water partition coefficient (Wildman–Crippen LogP) is 2.54. The van der Waals surface area contributed by atoms with Gasteiger partial charge in [-0.2, -0.15) is 0 Å². The lowest BCUT2D eigenvalue weighted by Gasteiger charge is -2.38. The minimum absolute atomic E-state index is 0.866. The maximum atomic E-state index is 5.92. The van der Waals surface area contributed by atoms with Gasteiger partial charge in [0.25, 0.3) is 0 Å². The maximum absolute atomic E-state index is 5.92. The third-order valence-electron chi connectivity index (χ3n) is 5.28. The van der Waals surface area contributed by atoms with E-state index in [2.05, 4.69) is 51.3 Å². The molecule has 4 heteroatoms. The highest BCUT2D eigenvalue weighted by molar-refractivity contribution is 4.54. The molecule has 0 heterocycles. The number of likely N-dealkylation sites (N-methyl/N-ethyl adjacent to an activating group) is 3. The van der Waals surface area contributed by atoms with Crippen molar-refractivity contribution in [2.45, 2.75) is 41.5 Å². The molecule has 0 aliphatic carbocycles. The van der Waals surface area contributed by atoms with Crippen LogP contribution in [0.1, 0.15) is 41.5 Å². The summed E-state index contributed by atoms with van der Waals surface area (Å²) in [5.41, 5.74) is 0. The summed E-state index contributed by atoms with van der Waals surface area (Å²) >= 11 is 0. The first kappa shape index (κ1) is 21.8. The Morgan fingerprint density at radius 1 is 0.636 bits per heavy atom. The fourth-order valence-corrected chi connectivity index (χ4v) is 2.95. The summed E-state index contributed by atoms with van der Waals surface area (Å²) in [6.45, 7) is 27.0. The molecule has 0 saturated carbocycles. The van der Waals surface area contributed by atoms with Crippen LogP contribution in [0.25, 0.3) is 0 Å². The van der Waals surface area contributed by atoms with Crippen LogP contribution in [-0.2, 0) is 4.74 Å². The lowest BCUT2D eigenvalue weighted by molar-refractivity contribution is -0.924. The number of ether oxygens (including phenoxy) is 1.